The number of aromatic nitrogens is 1. The van der Waals surface area contributed by atoms with Crippen LogP contribution in [0.1, 0.15) is 43.2 Å². The van der Waals surface area contributed by atoms with Crippen LogP contribution >= 0.6 is 11.3 Å². The van der Waals surface area contributed by atoms with Crippen LogP contribution in [-0.2, 0) is 12.8 Å². The lowest BCUT2D eigenvalue weighted by Crippen LogP contribution is -1.97. The van der Waals surface area contributed by atoms with Crippen LogP contribution in [0.25, 0.3) is 10.6 Å². The van der Waals surface area contributed by atoms with Gasteiger partial charge in [0.2, 0.25) is 0 Å². The van der Waals surface area contributed by atoms with Gasteiger partial charge in [-0.25, -0.2) is 4.98 Å². The lowest BCUT2D eigenvalue weighted by Gasteiger charge is -2.06. The Bertz CT molecular complexity index is 661. The number of unbranched alkanes of at least 4 members (excludes halogenated alkanes) is 3. The lowest BCUT2D eigenvalue weighted by molar-refractivity contribution is 0.305. The third-order valence-corrected chi connectivity index (χ3v) is 5.37. The van der Waals surface area contributed by atoms with Gasteiger partial charge in [0.05, 0.1) is 24.3 Å². The average Bonchev–Trinajstić information content (AvgIpc) is 3.13. The number of thiazole rings is 1. The van der Waals surface area contributed by atoms with Crippen LogP contribution < -0.4 is 4.74 Å². The summed E-state index contributed by atoms with van der Waals surface area (Å²) in [4.78, 5) is 5.99. The number of hydrogen-bond donors (Lipinski definition) is 0. The second kappa shape index (κ2) is 7.61. The van der Waals surface area contributed by atoms with Crippen LogP contribution in [0.15, 0.2) is 24.3 Å². The predicted molar refractivity (Wildman–Crippen MR) is 93.7 cm³/mol. The topological polar surface area (TPSA) is 45.9 Å². The average molecular weight is 326 g/mol. The van der Waals surface area contributed by atoms with Crippen molar-refractivity contribution in [1.29, 1.82) is 5.26 Å². The van der Waals surface area contributed by atoms with Gasteiger partial charge in [-0.3, -0.25) is 0 Å². The van der Waals surface area contributed by atoms with Gasteiger partial charge in [0.1, 0.15) is 10.8 Å². The Hall–Kier alpha value is -1.86. The van der Waals surface area contributed by atoms with Crippen LogP contribution in [0, 0.1) is 17.2 Å². The molecule has 1 aliphatic rings. The molecular weight excluding hydrogens is 304 g/mol. The van der Waals surface area contributed by atoms with Crippen LogP contribution in [0.4, 0.5) is 0 Å². The molecule has 1 unspecified atom stereocenters. The van der Waals surface area contributed by atoms with E-state index in [1.807, 2.05) is 12.1 Å². The van der Waals surface area contributed by atoms with Gasteiger partial charge < -0.3 is 4.74 Å². The van der Waals surface area contributed by atoms with Gasteiger partial charge in [-0.2, -0.15) is 5.26 Å². The van der Waals surface area contributed by atoms with Crippen molar-refractivity contribution in [2.45, 2.75) is 45.4 Å². The molecule has 0 saturated carbocycles. The zero-order valence-corrected chi connectivity index (χ0v) is 14.4. The Morgan fingerprint density at radius 1 is 1.22 bits per heavy atom. The summed E-state index contributed by atoms with van der Waals surface area (Å²) >= 11 is 1.72. The summed E-state index contributed by atoms with van der Waals surface area (Å²) in [6, 6.07) is 10.6. The van der Waals surface area contributed by atoms with Crippen molar-refractivity contribution in [3.8, 4) is 22.4 Å². The molecule has 3 rings (SSSR count). The van der Waals surface area contributed by atoms with E-state index in [1.165, 1.54) is 24.1 Å². The van der Waals surface area contributed by atoms with Crippen molar-refractivity contribution in [1.82, 2.24) is 4.98 Å². The Labute approximate surface area is 141 Å². The minimum Gasteiger partial charge on any atom is -0.494 e. The summed E-state index contributed by atoms with van der Waals surface area (Å²) in [5, 5.41) is 10.1. The summed E-state index contributed by atoms with van der Waals surface area (Å²) in [6.07, 6.45) is 6.56. The van der Waals surface area contributed by atoms with Crippen molar-refractivity contribution in [2.24, 2.45) is 5.92 Å². The van der Waals surface area contributed by atoms with Gasteiger partial charge in [0.15, 0.2) is 0 Å². The minimum atomic E-state index is 0.126. The maximum absolute atomic E-state index is 9.00. The highest BCUT2D eigenvalue weighted by Gasteiger charge is 2.25. The normalized spacial score (nSPS) is 16.1. The summed E-state index contributed by atoms with van der Waals surface area (Å²) in [7, 11) is 0. The highest BCUT2D eigenvalue weighted by atomic mass is 32.1. The van der Waals surface area contributed by atoms with Gasteiger partial charge >= 0.3 is 0 Å². The molecule has 2 aromatic rings. The van der Waals surface area contributed by atoms with Crippen molar-refractivity contribution in [2.75, 3.05) is 6.61 Å². The molecule has 0 saturated heterocycles. The molecule has 0 N–H and O–H groups in total. The van der Waals surface area contributed by atoms with Crippen LogP contribution in [0.3, 0.4) is 0 Å². The number of benzene rings is 1. The molecule has 0 spiro atoms. The van der Waals surface area contributed by atoms with Gasteiger partial charge in [-0.15, -0.1) is 11.3 Å². The highest BCUT2D eigenvalue weighted by molar-refractivity contribution is 7.15. The molecule has 0 radical (unpaired) electrons. The fraction of sp³-hybridized carbons (Fsp3) is 0.474. The minimum absolute atomic E-state index is 0.126. The number of hydrogen-bond acceptors (Lipinski definition) is 4. The molecule has 1 atom stereocenters. The first-order valence-electron chi connectivity index (χ1n) is 8.41. The second-order valence-electron chi connectivity index (χ2n) is 6.06. The molecule has 1 aliphatic carbocycles. The van der Waals surface area contributed by atoms with E-state index >= 15 is 0 Å². The fourth-order valence-electron chi connectivity index (χ4n) is 2.86. The molecule has 23 heavy (non-hydrogen) atoms. The van der Waals surface area contributed by atoms with E-state index < -0.39 is 0 Å². The van der Waals surface area contributed by atoms with E-state index in [2.05, 4.69) is 25.1 Å². The maximum Gasteiger partial charge on any atom is 0.123 e. The van der Waals surface area contributed by atoms with Crippen LogP contribution in [-0.4, -0.2) is 11.6 Å². The fourth-order valence-corrected chi connectivity index (χ4v) is 4.03. The first kappa shape index (κ1) is 16.0. The molecule has 1 aromatic heterocycles. The molecule has 1 heterocycles. The molecule has 120 valence electrons. The Kier molecular flexibility index (Phi) is 5.30. The van der Waals surface area contributed by atoms with E-state index in [4.69, 9.17) is 15.0 Å². The zero-order chi connectivity index (χ0) is 16.1. The molecule has 3 nitrogen and oxygen atoms in total. The number of nitrogens with zero attached hydrogens (tertiary/aromatic N) is 2. The number of fused-ring (bicyclic) bond motifs is 1. The Balaban J connectivity index is 1.57. The van der Waals surface area contributed by atoms with E-state index in [-0.39, 0.29) is 5.92 Å². The lowest BCUT2D eigenvalue weighted by atomic mass is 10.1. The predicted octanol–water partition coefficient (Wildman–Crippen LogP) is 5.01. The quantitative estimate of drug-likeness (QED) is 0.672. The summed E-state index contributed by atoms with van der Waals surface area (Å²) < 4.78 is 5.78. The van der Waals surface area contributed by atoms with Gasteiger partial charge in [0.25, 0.3) is 0 Å². The monoisotopic (exact) mass is 326 g/mol. The van der Waals surface area contributed by atoms with E-state index in [0.717, 1.165) is 47.9 Å². The van der Waals surface area contributed by atoms with Gasteiger partial charge in [-0.1, -0.05) is 26.2 Å². The maximum atomic E-state index is 9.00. The standard InChI is InChI=1S/C19H22N2OS/c1-2-3-4-5-10-22-16-8-6-15(7-9-16)19-21-17-11-14(13-20)12-18(17)23-19/h6-9,14H,2-5,10-12H2,1H3. The van der Waals surface area contributed by atoms with Gasteiger partial charge in [-0.05, 0) is 37.1 Å². The van der Waals surface area contributed by atoms with Crippen molar-refractivity contribution < 1.29 is 4.74 Å². The zero-order valence-electron chi connectivity index (χ0n) is 13.5. The Morgan fingerprint density at radius 3 is 2.74 bits per heavy atom. The number of ether oxygens (including phenoxy) is 1. The highest BCUT2D eigenvalue weighted by Crippen LogP contribution is 2.36. The van der Waals surface area contributed by atoms with Crippen LogP contribution in [0.2, 0.25) is 0 Å². The van der Waals surface area contributed by atoms with Gasteiger partial charge in [0, 0.05) is 16.9 Å². The first-order valence-corrected chi connectivity index (χ1v) is 9.23. The third-order valence-electron chi connectivity index (χ3n) is 4.20. The molecule has 1 aromatic carbocycles. The van der Waals surface area contributed by atoms with E-state index in [0.29, 0.717) is 0 Å². The second-order valence-corrected chi connectivity index (χ2v) is 7.14. The third kappa shape index (κ3) is 3.92. The SMILES string of the molecule is CCCCCCOc1ccc(-c2nc3c(s2)CC(C#N)C3)cc1. The molecule has 0 fully saturated rings. The number of rotatable bonds is 7. The molecule has 0 bridgehead atoms. The largest absolute Gasteiger partial charge is 0.494 e. The molecule has 4 heteroatoms. The molecule has 0 amide bonds. The van der Waals surface area contributed by atoms with E-state index in [1.54, 1.807) is 11.3 Å². The number of nitriles is 1. The first-order chi connectivity index (χ1) is 11.3. The summed E-state index contributed by atoms with van der Waals surface area (Å²) in [6.45, 7) is 3.01. The molecular formula is C19H22N2OS. The van der Waals surface area contributed by atoms with Crippen LogP contribution in [0.5, 0.6) is 5.75 Å². The van der Waals surface area contributed by atoms with Crippen molar-refractivity contribution >= 4 is 11.3 Å². The smallest absolute Gasteiger partial charge is 0.123 e. The summed E-state index contributed by atoms with van der Waals surface area (Å²) in [5.41, 5.74) is 2.25. The van der Waals surface area contributed by atoms with Crippen molar-refractivity contribution in [3.63, 3.8) is 0 Å². The van der Waals surface area contributed by atoms with E-state index in [9.17, 15) is 0 Å². The Morgan fingerprint density at radius 2 is 2.04 bits per heavy atom. The summed E-state index contributed by atoms with van der Waals surface area (Å²) in [5.74, 6) is 1.06. The van der Waals surface area contributed by atoms with Crippen molar-refractivity contribution in [3.05, 3.63) is 34.8 Å². The molecule has 0 aliphatic heterocycles.